The van der Waals surface area contributed by atoms with Gasteiger partial charge >= 0.3 is 0 Å². The lowest BCUT2D eigenvalue weighted by molar-refractivity contribution is -0.128. The third kappa shape index (κ3) is 2.37. The summed E-state index contributed by atoms with van der Waals surface area (Å²) in [5.74, 6) is 0. The summed E-state index contributed by atoms with van der Waals surface area (Å²) in [6.45, 7) is 0.963. The Kier molecular flexibility index (Phi) is 3.49. The maximum Gasteiger partial charge on any atom is 0.293 e. The summed E-state index contributed by atoms with van der Waals surface area (Å²) in [6, 6.07) is 10.1. The Morgan fingerprint density at radius 3 is 3.00 bits per heavy atom. The minimum Gasteiger partial charge on any atom is -0.468 e. The minimum absolute atomic E-state index is 0.472. The van der Waals surface area contributed by atoms with Crippen LogP contribution in [0, 0.1) is 0 Å². The monoisotopic (exact) mass is 215 g/mol. The first-order valence-electron chi connectivity index (χ1n) is 5.29. The molecule has 0 N–H and O–H groups in total. The lowest BCUT2D eigenvalue weighted by Gasteiger charge is -2.05. The van der Waals surface area contributed by atoms with Crippen LogP contribution in [0.25, 0.3) is 10.9 Å². The summed E-state index contributed by atoms with van der Waals surface area (Å²) in [4.78, 5) is 14.3. The molecular formula is C13H13NO2. The van der Waals surface area contributed by atoms with E-state index in [4.69, 9.17) is 0 Å². The molecule has 0 radical (unpaired) electrons. The number of rotatable bonds is 5. The van der Waals surface area contributed by atoms with Crippen molar-refractivity contribution in [1.29, 1.82) is 0 Å². The second kappa shape index (κ2) is 5.26. The molecule has 3 heteroatoms. The number of aromatic nitrogens is 1. The molecule has 0 aliphatic rings. The van der Waals surface area contributed by atoms with Crippen LogP contribution in [-0.2, 0) is 16.0 Å². The van der Waals surface area contributed by atoms with E-state index in [0.29, 0.717) is 13.1 Å². The summed E-state index contributed by atoms with van der Waals surface area (Å²) in [7, 11) is 0. The van der Waals surface area contributed by atoms with Crippen LogP contribution in [0.4, 0.5) is 0 Å². The zero-order chi connectivity index (χ0) is 11.2. The number of benzene rings is 1. The first kappa shape index (κ1) is 10.6. The van der Waals surface area contributed by atoms with E-state index in [2.05, 4.69) is 15.8 Å². The summed E-state index contributed by atoms with van der Waals surface area (Å²) in [6.07, 6.45) is 3.56. The predicted molar refractivity (Wildman–Crippen MR) is 62.1 cm³/mol. The van der Waals surface area contributed by atoms with Gasteiger partial charge in [-0.2, -0.15) is 0 Å². The number of nitrogens with zero attached hydrogens (tertiary/aromatic N) is 1. The lowest BCUT2D eigenvalue weighted by atomic mass is 10.1. The second-order valence-corrected chi connectivity index (χ2v) is 3.56. The molecule has 0 saturated carbocycles. The Balaban J connectivity index is 2.14. The van der Waals surface area contributed by atoms with Crippen molar-refractivity contribution in [2.45, 2.75) is 12.8 Å². The van der Waals surface area contributed by atoms with Gasteiger partial charge in [-0.15, -0.1) is 0 Å². The molecule has 0 amide bonds. The Morgan fingerprint density at radius 1 is 1.25 bits per heavy atom. The molecular weight excluding hydrogens is 202 g/mol. The fourth-order valence-electron chi connectivity index (χ4n) is 1.77. The van der Waals surface area contributed by atoms with Crippen LogP contribution >= 0.6 is 0 Å². The first-order chi connectivity index (χ1) is 7.92. The van der Waals surface area contributed by atoms with E-state index in [0.717, 1.165) is 18.4 Å². The van der Waals surface area contributed by atoms with E-state index >= 15 is 0 Å². The van der Waals surface area contributed by atoms with Gasteiger partial charge in [0.05, 0.1) is 12.1 Å². The summed E-state index contributed by atoms with van der Waals surface area (Å²) in [5.41, 5.74) is 2.26. The highest BCUT2D eigenvalue weighted by molar-refractivity contribution is 5.81. The quantitative estimate of drug-likeness (QED) is 0.567. The highest BCUT2D eigenvalue weighted by atomic mass is 16.5. The molecule has 0 saturated heterocycles. The zero-order valence-electron chi connectivity index (χ0n) is 8.93. The van der Waals surface area contributed by atoms with Crippen LogP contribution in [0.1, 0.15) is 12.0 Å². The topological polar surface area (TPSA) is 39.2 Å². The third-order valence-corrected chi connectivity index (χ3v) is 2.52. The van der Waals surface area contributed by atoms with Crippen LogP contribution in [0.15, 0.2) is 36.5 Å². The first-order valence-corrected chi connectivity index (χ1v) is 5.29. The molecule has 0 atom stereocenters. The standard InChI is InChI=1S/C13H13NO2/c15-10-16-9-3-4-11-7-8-14-13-6-2-1-5-12(11)13/h1-2,5-8,10H,3-4,9H2. The minimum atomic E-state index is 0.472. The maximum absolute atomic E-state index is 10.00. The molecule has 0 fully saturated rings. The number of aryl methyl sites for hydroxylation is 1. The highest BCUT2D eigenvalue weighted by Gasteiger charge is 2.00. The van der Waals surface area contributed by atoms with E-state index in [-0.39, 0.29) is 0 Å². The van der Waals surface area contributed by atoms with Gasteiger partial charge < -0.3 is 4.74 Å². The molecule has 0 aliphatic carbocycles. The molecule has 2 aromatic rings. The molecule has 3 nitrogen and oxygen atoms in total. The Bertz CT molecular complexity index is 477. The number of fused-ring (bicyclic) bond motifs is 1. The number of pyridine rings is 1. The SMILES string of the molecule is O=COCCCc1ccnc2ccccc12. The van der Waals surface area contributed by atoms with Gasteiger partial charge in [0, 0.05) is 11.6 Å². The van der Waals surface area contributed by atoms with Gasteiger partial charge in [-0.1, -0.05) is 18.2 Å². The Morgan fingerprint density at radius 2 is 2.12 bits per heavy atom. The van der Waals surface area contributed by atoms with Gasteiger partial charge in [0.2, 0.25) is 0 Å². The molecule has 0 spiro atoms. The van der Waals surface area contributed by atoms with Crippen LogP contribution < -0.4 is 0 Å². The van der Waals surface area contributed by atoms with E-state index in [1.165, 1.54) is 10.9 Å². The van der Waals surface area contributed by atoms with E-state index < -0.39 is 0 Å². The fraction of sp³-hybridized carbons (Fsp3) is 0.231. The maximum atomic E-state index is 10.00. The number of hydrogen-bond donors (Lipinski definition) is 0. The van der Waals surface area contributed by atoms with Crippen molar-refractivity contribution in [2.24, 2.45) is 0 Å². The average Bonchev–Trinajstić information content (AvgIpc) is 2.35. The van der Waals surface area contributed by atoms with E-state index in [1.54, 1.807) is 0 Å². The van der Waals surface area contributed by atoms with Crippen LogP contribution in [0.3, 0.4) is 0 Å². The van der Waals surface area contributed by atoms with E-state index in [9.17, 15) is 4.79 Å². The summed E-state index contributed by atoms with van der Waals surface area (Å²) in [5, 5.41) is 1.18. The Labute approximate surface area is 94.1 Å². The van der Waals surface area contributed by atoms with Gasteiger partial charge in [0.25, 0.3) is 6.47 Å². The molecule has 2 rings (SSSR count). The molecule has 82 valence electrons. The summed E-state index contributed by atoms with van der Waals surface area (Å²) >= 11 is 0. The molecule has 1 aromatic heterocycles. The van der Waals surface area contributed by atoms with Crippen molar-refractivity contribution in [1.82, 2.24) is 4.98 Å². The number of hydrogen-bond acceptors (Lipinski definition) is 3. The van der Waals surface area contributed by atoms with Crippen molar-refractivity contribution in [2.75, 3.05) is 6.61 Å². The fourth-order valence-corrected chi connectivity index (χ4v) is 1.77. The number of ether oxygens (including phenoxy) is 1. The van der Waals surface area contributed by atoms with Crippen molar-refractivity contribution in [3.63, 3.8) is 0 Å². The lowest BCUT2D eigenvalue weighted by Crippen LogP contribution is -1.95. The van der Waals surface area contributed by atoms with Gasteiger partial charge in [-0.05, 0) is 30.5 Å². The van der Waals surface area contributed by atoms with Crippen molar-refractivity contribution >= 4 is 17.4 Å². The molecule has 1 aromatic carbocycles. The van der Waals surface area contributed by atoms with Crippen molar-refractivity contribution in [3.8, 4) is 0 Å². The molecule has 0 unspecified atom stereocenters. The number of para-hydroxylation sites is 1. The third-order valence-electron chi connectivity index (χ3n) is 2.52. The van der Waals surface area contributed by atoms with Gasteiger partial charge in [0.1, 0.15) is 0 Å². The molecule has 16 heavy (non-hydrogen) atoms. The van der Waals surface area contributed by atoms with Crippen molar-refractivity contribution in [3.05, 3.63) is 42.1 Å². The zero-order valence-corrected chi connectivity index (χ0v) is 8.93. The number of carbonyl (C=O) groups excluding carboxylic acids is 1. The smallest absolute Gasteiger partial charge is 0.293 e. The van der Waals surface area contributed by atoms with Crippen LogP contribution in [-0.4, -0.2) is 18.1 Å². The highest BCUT2D eigenvalue weighted by Crippen LogP contribution is 2.17. The molecule has 0 aliphatic heterocycles. The van der Waals surface area contributed by atoms with Gasteiger partial charge in [-0.3, -0.25) is 9.78 Å². The Hall–Kier alpha value is -1.90. The van der Waals surface area contributed by atoms with Crippen LogP contribution in [0.5, 0.6) is 0 Å². The molecule has 0 bridgehead atoms. The predicted octanol–water partition coefficient (Wildman–Crippen LogP) is 2.34. The van der Waals surface area contributed by atoms with Crippen LogP contribution in [0.2, 0.25) is 0 Å². The van der Waals surface area contributed by atoms with Crippen molar-refractivity contribution < 1.29 is 9.53 Å². The second-order valence-electron chi connectivity index (χ2n) is 3.56. The number of carbonyl (C=O) groups is 1. The van der Waals surface area contributed by atoms with Gasteiger partial charge in [-0.25, -0.2) is 0 Å². The summed E-state index contributed by atoms with van der Waals surface area (Å²) < 4.78 is 4.67. The normalized spacial score (nSPS) is 10.2. The van der Waals surface area contributed by atoms with E-state index in [1.807, 2.05) is 30.5 Å². The van der Waals surface area contributed by atoms with Gasteiger partial charge in [0.15, 0.2) is 0 Å². The molecule has 1 heterocycles. The average molecular weight is 215 g/mol. The largest absolute Gasteiger partial charge is 0.468 e.